The summed E-state index contributed by atoms with van der Waals surface area (Å²) in [7, 11) is 0. The molecular weight excluding hydrogens is 389 g/mol. The van der Waals surface area contributed by atoms with E-state index >= 15 is 0 Å². The summed E-state index contributed by atoms with van der Waals surface area (Å²) in [6, 6.07) is 11.8. The zero-order chi connectivity index (χ0) is 19.6. The van der Waals surface area contributed by atoms with E-state index in [1.165, 1.54) is 18.2 Å². The Balaban J connectivity index is 1.61. The van der Waals surface area contributed by atoms with Crippen molar-refractivity contribution < 1.29 is 17.9 Å². The van der Waals surface area contributed by atoms with E-state index in [-0.39, 0.29) is 5.75 Å². The van der Waals surface area contributed by atoms with Crippen LogP contribution in [-0.4, -0.2) is 22.4 Å². The van der Waals surface area contributed by atoms with Crippen LogP contribution in [0.15, 0.2) is 47.8 Å². The Kier molecular flexibility index (Phi) is 5.08. The van der Waals surface area contributed by atoms with Gasteiger partial charge in [-0.25, -0.2) is 4.98 Å². The number of thiophene rings is 1. The monoisotopic (exact) mass is 406 g/mol. The highest BCUT2D eigenvalue weighted by atomic mass is 32.1. The molecule has 1 saturated carbocycles. The molecule has 1 aromatic carbocycles. The first kappa shape index (κ1) is 18.5. The van der Waals surface area contributed by atoms with Crippen molar-refractivity contribution in [1.29, 1.82) is 0 Å². The number of anilines is 2. The topological polar surface area (TPSA) is 59.1 Å². The van der Waals surface area contributed by atoms with Crippen molar-refractivity contribution in [3.05, 3.63) is 52.7 Å². The Bertz CT molecular complexity index is 943. The summed E-state index contributed by atoms with van der Waals surface area (Å²) in [5.74, 6) is 0.771. The smallest absolute Gasteiger partial charge is 0.406 e. The van der Waals surface area contributed by atoms with Gasteiger partial charge in [-0.2, -0.15) is 4.98 Å². The number of rotatable bonds is 7. The fourth-order valence-corrected chi connectivity index (χ4v) is 3.25. The number of benzene rings is 1. The van der Waals surface area contributed by atoms with Gasteiger partial charge in [-0.3, -0.25) is 0 Å². The third-order valence-electron chi connectivity index (χ3n) is 4.02. The maximum absolute atomic E-state index is 12.5. The van der Waals surface area contributed by atoms with E-state index in [0.29, 0.717) is 35.6 Å². The number of hydrogen-bond acceptors (Lipinski definition) is 6. The lowest BCUT2D eigenvalue weighted by Gasteiger charge is -2.12. The molecule has 2 heterocycles. The van der Waals surface area contributed by atoms with Gasteiger partial charge in [0.05, 0.1) is 12.2 Å². The maximum atomic E-state index is 12.5. The SMILES string of the molecule is FC(F)(F)Oc1cccc(-c2cc(NCc3cccs3)nc(NC3CC3)n2)c1. The van der Waals surface area contributed by atoms with E-state index in [2.05, 4.69) is 25.3 Å². The molecule has 0 atom stereocenters. The van der Waals surface area contributed by atoms with Gasteiger partial charge in [-0.1, -0.05) is 18.2 Å². The lowest BCUT2D eigenvalue weighted by molar-refractivity contribution is -0.274. The van der Waals surface area contributed by atoms with Crippen LogP contribution in [0.2, 0.25) is 0 Å². The molecule has 0 radical (unpaired) electrons. The lowest BCUT2D eigenvalue weighted by Crippen LogP contribution is -2.17. The summed E-state index contributed by atoms with van der Waals surface area (Å²) in [6.07, 6.45) is -2.63. The van der Waals surface area contributed by atoms with Gasteiger partial charge >= 0.3 is 6.36 Å². The van der Waals surface area contributed by atoms with Crippen molar-refractivity contribution in [2.24, 2.45) is 0 Å². The van der Waals surface area contributed by atoms with Gasteiger partial charge in [-0.05, 0) is 36.4 Å². The van der Waals surface area contributed by atoms with Crippen molar-refractivity contribution in [3.63, 3.8) is 0 Å². The van der Waals surface area contributed by atoms with Crippen LogP contribution in [0.3, 0.4) is 0 Å². The van der Waals surface area contributed by atoms with E-state index in [4.69, 9.17) is 0 Å². The molecule has 0 aliphatic heterocycles. The molecule has 0 saturated heterocycles. The van der Waals surface area contributed by atoms with Crippen molar-refractivity contribution in [1.82, 2.24) is 9.97 Å². The zero-order valence-electron chi connectivity index (χ0n) is 14.7. The molecule has 4 rings (SSSR count). The Morgan fingerprint density at radius 3 is 2.68 bits per heavy atom. The number of hydrogen-bond donors (Lipinski definition) is 2. The van der Waals surface area contributed by atoms with Crippen LogP contribution >= 0.6 is 11.3 Å². The van der Waals surface area contributed by atoms with Gasteiger partial charge in [0, 0.05) is 22.5 Å². The van der Waals surface area contributed by atoms with Crippen LogP contribution in [0.1, 0.15) is 17.7 Å². The molecule has 5 nitrogen and oxygen atoms in total. The van der Waals surface area contributed by atoms with E-state index in [1.54, 1.807) is 23.5 Å². The molecule has 3 aromatic rings. The van der Waals surface area contributed by atoms with Gasteiger partial charge in [-0.15, -0.1) is 24.5 Å². The number of alkyl halides is 3. The highest BCUT2D eigenvalue weighted by molar-refractivity contribution is 7.09. The van der Waals surface area contributed by atoms with E-state index in [1.807, 2.05) is 17.5 Å². The second-order valence-electron chi connectivity index (χ2n) is 6.39. The Morgan fingerprint density at radius 2 is 1.96 bits per heavy atom. The first-order chi connectivity index (χ1) is 13.4. The normalized spacial score (nSPS) is 14.0. The molecule has 28 heavy (non-hydrogen) atoms. The Labute approximate surface area is 163 Å². The van der Waals surface area contributed by atoms with E-state index < -0.39 is 6.36 Å². The minimum absolute atomic E-state index is 0.284. The first-order valence-electron chi connectivity index (χ1n) is 8.73. The second kappa shape index (κ2) is 7.67. The number of nitrogens with zero attached hydrogens (tertiary/aromatic N) is 2. The fourth-order valence-electron chi connectivity index (χ4n) is 2.60. The molecule has 0 amide bonds. The third-order valence-corrected chi connectivity index (χ3v) is 4.90. The zero-order valence-corrected chi connectivity index (χ0v) is 15.5. The largest absolute Gasteiger partial charge is 0.573 e. The molecule has 9 heteroatoms. The molecule has 1 fully saturated rings. The summed E-state index contributed by atoms with van der Waals surface area (Å²) in [5.41, 5.74) is 1.03. The molecule has 1 aliphatic carbocycles. The molecule has 0 spiro atoms. The number of nitrogens with one attached hydrogen (secondary N) is 2. The fraction of sp³-hybridized carbons (Fsp3) is 0.263. The van der Waals surface area contributed by atoms with Crippen LogP contribution < -0.4 is 15.4 Å². The number of aromatic nitrogens is 2. The minimum atomic E-state index is -4.74. The average molecular weight is 406 g/mol. The molecule has 2 N–H and O–H groups in total. The summed E-state index contributed by atoms with van der Waals surface area (Å²) < 4.78 is 41.6. The first-order valence-corrected chi connectivity index (χ1v) is 9.61. The molecular formula is C19H17F3N4OS. The standard InChI is InChI=1S/C19H17F3N4OS/c20-19(21,22)27-14-4-1-3-12(9-14)16-10-17(23-11-15-5-2-8-28-15)26-18(25-16)24-13-6-7-13/h1-5,8-10,13H,6-7,11H2,(H2,23,24,25,26). The molecule has 146 valence electrons. The van der Waals surface area contributed by atoms with Crippen LogP contribution in [0, 0.1) is 0 Å². The summed E-state index contributed by atoms with van der Waals surface area (Å²) in [6.45, 7) is 0.605. The van der Waals surface area contributed by atoms with Crippen LogP contribution in [0.4, 0.5) is 24.9 Å². The molecule has 0 bridgehead atoms. The average Bonchev–Trinajstić information content (AvgIpc) is 3.29. The van der Waals surface area contributed by atoms with Crippen molar-refractivity contribution >= 4 is 23.1 Å². The van der Waals surface area contributed by atoms with Gasteiger partial charge < -0.3 is 15.4 Å². The minimum Gasteiger partial charge on any atom is -0.406 e. The molecule has 0 unspecified atom stereocenters. The van der Waals surface area contributed by atoms with Crippen LogP contribution in [0.5, 0.6) is 5.75 Å². The van der Waals surface area contributed by atoms with E-state index in [9.17, 15) is 13.2 Å². The number of halogens is 3. The van der Waals surface area contributed by atoms with Gasteiger partial charge in [0.1, 0.15) is 11.6 Å². The van der Waals surface area contributed by atoms with Crippen molar-refractivity contribution in [2.45, 2.75) is 31.8 Å². The lowest BCUT2D eigenvalue weighted by atomic mass is 10.1. The van der Waals surface area contributed by atoms with Crippen molar-refractivity contribution in [2.75, 3.05) is 10.6 Å². The van der Waals surface area contributed by atoms with Gasteiger partial charge in [0.2, 0.25) is 5.95 Å². The summed E-state index contributed by atoms with van der Waals surface area (Å²) >= 11 is 1.63. The Hall–Kier alpha value is -2.81. The summed E-state index contributed by atoms with van der Waals surface area (Å²) in [5, 5.41) is 8.49. The highest BCUT2D eigenvalue weighted by Crippen LogP contribution is 2.30. The summed E-state index contributed by atoms with van der Waals surface area (Å²) in [4.78, 5) is 10.1. The number of ether oxygens (including phenoxy) is 1. The molecule has 1 aliphatic rings. The Morgan fingerprint density at radius 1 is 1.11 bits per heavy atom. The second-order valence-corrected chi connectivity index (χ2v) is 7.42. The van der Waals surface area contributed by atoms with Crippen LogP contribution in [-0.2, 0) is 6.54 Å². The maximum Gasteiger partial charge on any atom is 0.573 e. The predicted octanol–water partition coefficient (Wildman–Crippen LogP) is 5.29. The highest BCUT2D eigenvalue weighted by Gasteiger charge is 2.31. The van der Waals surface area contributed by atoms with E-state index in [0.717, 1.165) is 17.7 Å². The van der Waals surface area contributed by atoms with Gasteiger partial charge in [0.15, 0.2) is 0 Å². The molecule has 2 aromatic heterocycles. The van der Waals surface area contributed by atoms with Gasteiger partial charge in [0.25, 0.3) is 0 Å². The van der Waals surface area contributed by atoms with Crippen LogP contribution in [0.25, 0.3) is 11.3 Å². The third kappa shape index (κ3) is 5.13. The quantitative estimate of drug-likeness (QED) is 0.558. The predicted molar refractivity (Wildman–Crippen MR) is 102 cm³/mol. The van der Waals surface area contributed by atoms with Crippen molar-refractivity contribution in [3.8, 4) is 17.0 Å².